The maximum Gasteiger partial charge on any atom is 0.135 e. The predicted octanol–water partition coefficient (Wildman–Crippen LogP) is 22.5. The van der Waals surface area contributed by atoms with Gasteiger partial charge in [0.15, 0.2) is 0 Å². The summed E-state index contributed by atoms with van der Waals surface area (Å²) in [7, 11) is 0. The van der Waals surface area contributed by atoms with Crippen molar-refractivity contribution in [3.8, 4) is 95.2 Å². The summed E-state index contributed by atoms with van der Waals surface area (Å²) in [6.07, 6.45) is 1.89. The van der Waals surface area contributed by atoms with Gasteiger partial charge in [0.05, 0.1) is 12.3 Å². The van der Waals surface area contributed by atoms with Gasteiger partial charge in [-0.25, -0.2) is 4.98 Å². The molecule has 0 unspecified atom stereocenters. The first-order chi connectivity index (χ1) is 43.7. The maximum absolute atomic E-state index is 8.50. The molecule has 0 saturated carbocycles. The number of nitrogens with zero attached hydrogens (tertiary/aromatic N) is 5. The van der Waals surface area contributed by atoms with Gasteiger partial charge in [-0.05, 0) is 150 Å². The molecule has 2 aromatic heterocycles. The van der Waals surface area contributed by atoms with Crippen molar-refractivity contribution in [1.82, 2.24) is 9.55 Å². The van der Waals surface area contributed by atoms with Crippen molar-refractivity contribution >= 4 is 50.2 Å². The second-order valence-electron chi connectivity index (χ2n) is 23.6. The van der Waals surface area contributed by atoms with Gasteiger partial charge in [-0.3, -0.25) is 4.85 Å². The summed E-state index contributed by atoms with van der Waals surface area (Å²) in [5.41, 5.74) is 22.3. The monoisotopic (exact) mass is 1340 g/mol. The molecule has 434 valence electrons. The molecule has 14 aromatic rings. The number of hydrogen-bond donors (Lipinski definition) is 0. The van der Waals surface area contributed by atoms with Crippen LogP contribution in [0.25, 0.3) is 110 Å². The summed E-state index contributed by atoms with van der Waals surface area (Å²) in [6, 6.07) is 108. The Morgan fingerprint density at radius 2 is 0.911 bits per heavy atom. The van der Waals surface area contributed by atoms with E-state index in [9.17, 15) is 0 Å². The van der Waals surface area contributed by atoms with E-state index >= 15 is 0 Å². The van der Waals surface area contributed by atoms with Crippen molar-refractivity contribution < 1.29 is 25.8 Å². The number of fused-ring (bicyclic) bond motifs is 4. The number of pyridine rings is 1. The number of para-hydroxylation sites is 3. The first kappa shape index (κ1) is 56.9. The fraction of sp³-hybridized carbons (Fsp3) is 0.0482. The Hall–Kier alpha value is -10.8. The first-order valence-corrected chi connectivity index (χ1v) is 30.0. The van der Waals surface area contributed by atoms with Crippen molar-refractivity contribution in [2.75, 3.05) is 9.80 Å². The number of benzene rings is 12. The molecule has 0 N–H and O–H groups in total. The molecular formula is C83H58N5OPt-3. The fourth-order valence-corrected chi connectivity index (χ4v) is 12.4. The average molecular weight is 1340 g/mol. The summed E-state index contributed by atoms with van der Waals surface area (Å²) in [4.78, 5) is 13.5. The van der Waals surface area contributed by atoms with E-state index in [1.165, 1.54) is 5.56 Å². The van der Waals surface area contributed by atoms with Gasteiger partial charge < -0.3 is 19.1 Å². The molecule has 90 heavy (non-hydrogen) atoms. The van der Waals surface area contributed by atoms with Crippen molar-refractivity contribution in [1.29, 1.82) is 0 Å². The molecule has 1 aliphatic heterocycles. The van der Waals surface area contributed by atoms with Gasteiger partial charge >= 0.3 is 0 Å². The van der Waals surface area contributed by atoms with Crippen LogP contribution in [0.2, 0.25) is 0 Å². The van der Waals surface area contributed by atoms with Crippen LogP contribution in [0, 0.1) is 25.4 Å². The molecular weight excluding hydrogens is 1280 g/mol. The minimum Gasteiger partial charge on any atom is -0.510 e. The van der Waals surface area contributed by atoms with Crippen LogP contribution in [0.5, 0.6) is 11.5 Å². The maximum atomic E-state index is 8.50. The summed E-state index contributed by atoms with van der Waals surface area (Å²) in [6.45, 7) is 17.3. The Labute approximate surface area is 540 Å². The van der Waals surface area contributed by atoms with E-state index < -0.39 is 0 Å². The van der Waals surface area contributed by atoms with Crippen molar-refractivity contribution in [3.63, 3.8) is 0 Å². The van der Waals surface area contributed by atoms with Gasteiger partial charge in [0.1, 0.15) is 5.82 Å². The Balaban J connectivity index is 0.00000707. The molecule has 6 nitrogen and oxygen atoms in total. The van der Waals surface area contributed by atoms with Crippen LogP contribution in [-0.4, -0.2) is 9.55 Å². The topological polar surface area (TPSA) is 37.9 Å². The molecule has 1 aliphatic rings. The van der Waals surface area contributed by atoms with E-state index in [-0.39, 0.29) is 26.5 Å². The molecule has 12 aromatic carbocycles. The van der Waals surface area contributed by atoms with Gasteiger partial charge in [-0.15, -0.1) is 48.1 Å². The molecule has 0 spiro atoms. The van der Waals surface area contributed by atoms with Gasteiger partial charge in [0.2, 0.25) is 0 Å². The molecule has 0 aliphatic carbocycles. The molecule has 0 bridgehead atoms. The SMILES string of the molecule is [C-]#[N+]c1cc(Oc2[c-]c3c(cc2)c2cc(-c4ccccc4)ccc2n3-c2cc(C(C)(C)C)ccn2)[c-]c(N2[CH-]N(c3c(-c4cc(-c5ccccc5)cc(-c5ccccc5)c4)cccc3-c3cc(-c4ccccc4)cc(-c4ccccc4)c3)c3ccccc32)c1.[Pt]. The minimum atomic E-state index is -0.103. The molecule has 0 radical (unpaired) electrons. The number of aromatic nitrogens is 2. The Kier molecular flexibility index (Phi) is 15.2. The predicted molar refractivity (Wildman–Crippen MR) is 367 cm³/mol. The van der Waals surface area contributed by atoms with Crippen LogP contribution in [0.1, 0.15) is 26.3 Å². The number of rotatable bonds is 12. The summed E-state index contributed by atoms with van der Waals surface area (Å²) < 4.78 is 9.07. The van der Waals surface area contributed by atoms with Gasteiger partial charge in [-0.1, -0.05) is 220 Å². The zero-order chi connectivity index (χ0) is 60.0. The Morgan fingerprint density at radius 3 is 1.42 bits per heavy atom. The van der Waals surface area contributed by atoms with Crippen LogP contribution >= 0.6 is 0 Å². The summed E-state index contributed by atoms with van der Waals surface area (Å²) in [5, 5.41) is 2.09. The molecule has 0 saturated heterocycles. The Morgan fingerprint density at radius 1 is 0.422 bits per heavy atom. The van der Waals surface area contributed by atoms with E-state index in [2.05, 4.69) is 320 Å². The minimum absolute atomic E-state index is 0. The van der Waals surface area contributed by atoms with Crippen LogP contribution in [0.4, 0.5) is 28.4 Å². The van der Waals surface area contributed by atoms with E-state index in [1.807, 2.05) is 24.4 Å². The van der Waals surface area contributed by atoms with Crippen LogP contribution in [0.3, 0.4) is 0 Å². The van der Waals surface area contributed by atoms with E-state index in [4.69, 9.17) is 16.3 Å². The quantitative estimate of drug-likeness (QED) is 0.114. The second kappa shape index (κ2) is 24.0. The zero-order valence-corrected chi connectivity index (χ0v) is 52.0. The van der Waals surface area contributed by atoms with Gasteiger partial charge in [0, 0.05) is 72.5 Å². The normalized spacial score (nSPS) is 12.0. The molecule has 7 heteroatoms. The standard InChI is InChI=1S/C83H58N5O.Pt/c1-83(2,3)68-41-42-85-81(50-68)88-77-40-37-61(56-23-10-5-11-24-56)49-76(77)75-39-38-71(54-80(75)88)89-72-52-69(84-4)51-70(53-72)86-55-87(79-36-21-20-35-78(79)86)82-73(66-45-62(57-25-12-6-13-26-57)43-63(46-66)58-27-14-7-15-28-58)33-22-34-74(82)67-47-64(59-29-16-8-17-30-59)44-65(48-67)60-31-18-9-19-32-60;/h5-52,55H,1-3H3;/q-3;. The number of hydrogen-bond acceptors (Lipinski definition) is 4. The summed E-state index contributed by atoms with van der Waals surface area (Å²) >= 11 is 0. The molecule has 3 heterocycles. The third kappa shape index (κ3) is 11.0. The molecule has 0 atom stereocenters. The van der Waals surface area contributed by atoms with Crippen molar-refractivity contribution in [3.05, 3.63) is 327 Å². The number of ether oxygens (including phenoxy) is 1. The van der Waals surface area contributed by atoms with Crippen LogP contribution in [-0.2, 0) is 26.5 Å². The molecule has 0 amide bonds. The van der Waals surface area contributed by atoms with Gasteiger partial charge in [-0.2, -0.15) is 6.07 Å². The molecule has 0 fully saturated rings. The number of anilines is 4. The van der Waals surface area contributed by atoms with Gasteiger partial charge in [0.25, 0.3) is 0 Å². The van der Waals surface area contributed by atoms with Crippen molar-refractivity contribution in [2.45, 2.75) is 26.2 Å². The van der Waals surface area contributed by atoms with Crippen molar-refractivity contribution in [2.24, 2.45) is 0 Å². The van der Waals surface area contributed by atoms with Crippen LogP contribution < -0.4 is 14.5 Å². The fourth-order valence-electron chi connectivity index (χ4n) is 12.4. The summed E-state index contributed by atoms with van der Waals surface area (Å²) in [5.74, 6) is 1.65. The largest absolute Gasteiger partial charge is 0.510 e. The average Bonchev–Trinajstić information content (AvgIpc) is 1.57. The zero-order valence-electron chi connectivity index (χ0n) is 49.8. The van der Waals surface area contributed by atoms with E-state index in [1.54, 1.807) is 6.07 Å². The smallest absolute Gasteiger partial charge is 0.135 e. The van der Waals surface area contributed by atoms with E-state index in [0.717, 1.165) is 123 Å². The third-order valence-electron chi connectivity index (χ3n) is 16.8. The molecule has 15 rings (SSSR count). The Bertz CT molecular complexity index is 4750. The second-order valence-corrected chi connectivity index (χ2v) is 23.6. The van der Waals surface area contributed by atoms with E-state index in [0.29, 0.717) is 22.9 Å². The third-order valence-corrected chi connectivity index (χ3v) is 16.8. The first-order valence-electron chi connectivity index (χ1n) is 30.0. The van der Waals surface area contributed by atoms with Crippen LogP contribution in [0.15, 0.2) is 291 Å².